The molecule has 0 aliphatic carbocycles. The number of likely N-dealkylation sites (N-methyl/N-ethyl adjacent to an activating group) is 1. The largest absolute Gasteiger partial charge is 0.350 e. The molecule has 1 rings (SSSR count). The van der Waals surface area contributed by atoms with E-state index in [9.17, 15) is 4.79 Å². The smallest absolute Gasteiger partial charge is 0.251 e. The monoisotopic (exact) mass is 363 g/mol. The third-order valence-corrected chi connectivity index (χ3v) is 3.80. The van der Waals surface area contributed by atoms with Gasteiger partial charge in [-0.3, -0.25) is 9.69 Å². The Bertz CT molecular complexity index is 438. The van der Waals surface area contributed by atoms with Crippen molar-refractivity contribution in [3.05, 3.63) is 35.4 Å². The fraction of sp³-hybridized carbons (Fsp3) is 0.588. The molecule has 0 heterocycles. The van der Waals surface area contributed by atoms with Gasteiger partial charge in [0.1, 0.15) is 0 Å². The number of halogens is 2. The first kappa shape index (κ1) is 24.4. The Hall–Kier alpha value is -0.810. The predicted molar refractivity (Wildman–Crippen MR) is 103 cm³/mol. The summed E-state index contributed by atoms with van der Waals surface area (Å²) >= 11 is 0. The molecule has 1 aromatic rings. The molecule has 1 amide bonds. The van der Waals surface area contributed by atoms with Crippen molar-refractivity contribution in [2.75, 3.05) is 20.1 Å². The molecule has 0 aliphatic heterocycles. The first-order valence-electron chi connectivity index (χ1n) is 7.76. The normalized spacial score (nSPS) is 11.6. The molecule has 2 N–H and O–H groups in total. The number of hydrogen-bond acceptors (Lipinski definition) is 3. The van der Waals surface area contributed by atoms with E-state index < -0.39 is 0 Å². The number of nitrogens with zero attached hydrogens (tertiary/aromatic N) is 1. The van der Waals surface area contributed by atoms with E-state index in [0.29, 0.717) is 12.6 Å². The van der Waals surface area contributed by atoms with Crippen molar-refractivity contribution >= 4 is 30.7 Å². The van der Waals surface area contributed by atoms with E-state index in [4.69, 9.17) is 0 Å². The minimum Gasteiger partial charge on any atom is -0.350 e. The van der Waals surface area contributed by atoms with Crippen LogP contribution in [0.2, 0.25) is 0 Å². The van der Waals surface area contributed by atoms with Crippen molar-refractivity contribution < 1.29 is 4.79 Å². The van der Waals surface area contributed by atoms with Crippen LogP contribution in [-0.4, -0.2) is 43.0 Å². The predicted octanol–water partition coefficient (Wildman–Crippen LogP) is 3.10. The van der Waals surface area contributed by atoms with E-state index in [1.165, 1.54) is 5.56 Å². The van der Waals surface area contributed by atoms with Crippen molar-refractivity contribution in [3.63, 3.8) is 0 Å². The molecule has 0 spiro atoms. The third kappa shape index (κ3) is 8.56. The Morgan fingerprint density at radius 3 is 2.13 bits per heavy atom. The molecule has 4 nitrogen and oxygen atoms in total. The van der Waals surface area contributed by atoms with E-state index in [1.54, 1.807) is 0 Å². The van der Waals surface area contributed by atoms with Crippen molar-refractivity contribution in [1.29, 1.82) is 0 Å². The van der Waals surface area contributed by atoms with Crippen LogP contribution in [0.3, 0.4) is 0 Å². The number of hydrogen-bond donors (Lipinski definition) is 2. The molecule has 0 aliphatic rings. The van der Waals surface area contributed by atoms with E-state index in [-0.39, 0.29) is 36.8 Å². The number of nitrogens with one attached hydrogen (secondary N) is 2. The highest BCUT2D eigenvalue weighted by Gasteiger charge is 2.09. The Labute approximate surface area is 153 Å². The highest BCUT2D eigenvalue weighted by molar-refractivity contribution is 5.94. The molecular formula is C17H31Cl2N3O. The lowest BCUT2D eigenvalue weighted by Gasteiger charge is -2.24. The molecule has 6 heteroatoms. The first-order valence-corrected chi connectivity index (χ1v) is 7.76. The Morgan fingerprint density at radius 1 is 1.13 bits per heavy atom. The average molecular weight is 364 g/mol. The van der Waals surface area contributed by atoms with Crippen molar-refractivity contribution in [1.82, 2.24) is 15.5 Å². The lowest BCUT2D eigenvalue weighted by atomic mass is 10.1. The molecule has 0 fully saturated rings. The maximum Gasteiger partial charge on any atom is 0.251 e. The molecule has 1 unspecified atom stereocenters. The van der Waals surface area contributed by atoms with Gasteiger partial charge in [-0.2, -0.15) is 0 Å². The third-order valence-electron chi connectivity index (χ3n) is 3.80. The second-order valence-electron chi connectivity index (χ2n) is 5.75. The summed E-state index contributed by atoms with van der Waals surface area (Å²) in [6.07, 6.45) is 0. The number of benzene rings is 1. The Balaban J connectivity index is 0. The number of amides is 1. The van der Waals surface area contributed by atoms with E-state index in [0.717, 1.165) is 18.7 Å². The van der Waals surface area contributed by atoms with Gasteiger partial charge in [0.15, 0.2) is 0 Å². The first-order chi connectivity index (χ1) is 9.97. The van der Waals surface area contributed by atoms with Crippen LogP contribution >= 0.6 is 24.8 Å². The van der Waals surface area contributed by atoms with Gasteiger partial charge in [-0.05, 0) is 52.1 Å². The van der Waals surface area contributed by atoms with Crippen LogP contribution in [0.1, 0.15) is 43.6 Å². The maximum atomic E-state index is 12.0. The minimum absolute atomic E-state index is 0. The van der Waals surface area contributed by atoms with Gasteiger partial charge in [-0.25, -0.2) is 0 Å². The molecule has 1 aromatic carbocycles. The highest BCUT2D eigenvalue weighted by Crippen LogP contribution is 2.10. The highest BCUT2D eigenvalue weighted by atomic mass is 35.5. The molecule has 0 saturated heterocycles. The molecule has 0 saturated carbocycles. The molecule has 1 atom stereocenters. The van der Waals surface area contributed by atoms with Gasteiger partial charge in [0, 0.05) is 30.7 Å². The van der Waals surface area contributed by atoms with E-state index in [2.05, 4.69) is 36.3 Å². The zero-order valence-corrected chi connectivity index (χ0v) is 16.4. The minimum atomic E-state index is -0.0140. The van der Waals surface area contributed by atoms with Crippen molar-refractivity contribution in [3.8, 4) is 0 Å². The number of carbonyl (C=O) groups is 1. The molecule has 134 valence electrons. The van der Waals surface area contributed by atoms with E-state index >= 15 is 0 Å². The summed E-state index contributed by atoms with van der Waals surface area (Å²) in [4.78, 5) is 14.4. The quantitative estimate of drug-likeness (QED) is 0.745. The van der Waals surface area contributed by atoms with Gasteiger partial charge in [0.2, 0.25) is 0 Å². The molecule has 0 aromatic heterocycles. The van der Waals surface area contributed by atoms with Gasteiger partial charge in [-0.1, -0.05) is 19.1 Å². The van der Waals surface area contributed by atoms with Crippen LogP contribution in [0.5, 0.6) is 0 Å². The van der Waals surface area contributed by atoms with E-state index in [1.807, 2.05) is 38.2 Å². The average Bonchev–Trinajstić information content (AvgIpc) is 2.50. The molecular weight excluding hydrogens is 333 g/mol. The van der Waals surface area contributed by atoms with Crippen LogP contribution in [0.15, 0.2) is 24.3 Å². The summed E-state index contributed by atoms with van der Waals surface area (Å²) in [5.41, 5.74) is 1.96. The van der Waals surface area contributed by atoms with Crippen molar-refractivity contribution in [2.24, 2.45) is 0 Å². The lowest BCUT2D eigenvalue weighted by Crippen LogP contribution is -2.37. The summed E-state index contributed by atoms with van der Waals surface area (Å²) < 4.78 is 0. The molecule has 23 heavy (non-hydrogen) atoms. The molecule has 0 radical (unpaired) electrons. The van der Waals surface area contributed by atoms with Crippen molar-refractivity contribution in [2.45, 2.75) is 46.3 Å². The lowest BCUT2D eigenvalue weighted by molar-refractivity contribution is 0.0950. The Morgan fingerprint density at radius 2 is 1.70 bits per heavy atom. The van der Waals surface area contributed by atoms with Gasteiger partial charge < -0.3 is 10.6 Å². The number of carbonyl (C=O) groups excluding carboxylic acids is 1. The zero-order chi connectivity index (χ0) is 15.8. The zero-order valence-electron chi connectivity index (χ0n) is 14.8. The van der Waals surface area contributed by atoms with Gasteiger partial charge >= 0.3 is 0 Å². The topological polar surface area (TPSA) is 44.4 Å². The van der Waals surface area contributed by atoms with Crippen LogP contribution < -0.4 is 10.6 Å². The second-order valence-corrected chi connectivity index (χ2v) is 5.75. The van der Waals surface area contributed by atoms with Gasteiger partial charge in [-0.15, -0.1) is 24.8 Å². The summed E-state index contributed by atoms with van der Waals surface area (Å²) in [7, 11) is 1.89. The Kier molecular flexibility index (Phi) is 13.4. The van der Waals surface area contributed by atoms with Gasteiger partial charge in [0.25, 0.3) is 5.91 Å². The van der Waals surface area contributed by atoms with Crippen LogP contribution in [0.25, 0.3) is 0 Å². The second kappa shape index (κ2) is 12.6. The van der Waals surface area contributed by atoms with Crippen LogP contribution in [-0.2, 0) is 6.54 Å². The SMILES string of the molecule is CCN(Cc1ccc(C(=O)NCC(C)NC)cc1)C(C)C.Cl.Cl. The summed E-state index contributed by atoms with van der Waals surface area (Å²) in [5, 5.41) is 6.03. The van der Waals surface area contributed by atoms with Gasteiger partial charge in [0.05, 0.1) is 0 Å². The van der Waals surface area contributed by atoms with Crippen LogP contribution in [0.4, 0.5) is 0 Å². The molecule has 0 bridgehead atoms. The maximum absolute atomic E-state index is 12.0. The summed E-state index contributed by atoms with van der Waals surface area (Å²) in [6, 6.07) is 8.70. The standard InChI is InChI=1S/C17H29N3O.2ClH/c1-6-20(13(2)3)12-15-7-9-16(10-8-15)17(21)19-11-14(4)18-5;;/h7-10,13-14,18H,6,11-12H2,1-5H3,(H,19,21);2*1H. The fourth-order valence-electron chi connectivity index (χ4n) is 2.11. The van der Waals surface area contributed by atoms with Crippen LogP contribution in [0, 0.1) is 0 Å². The summed E-state index contributed by atoms with van der Waals surface area (Å²) in [6.45, 7) is 11.2. The number of rotatable bonds is 8. The summed E-state index contributed by atoms with van der Waals surface area (Å²) in [5.74, 6) is -0.0140. The fourth-order valence-corrected chi connectivity index (χ4v) is 2.11.